The van der Waals surface area contributed by atoms with Crippen molar-refractivity contribution in [1.82, 2.24) is 9.78 Å². The van der Waals surface area contributed by atoms with Gasteiger partial charge in [-0.2, -0.15) is 5.10 Å². The van der Waals surface area contributed by atoms with Crippen LogP contribution in [-0.2, 0) is 18.3 Å². The lowest BCUT2D eigenvalue weighted by atomic mass is 9.87. The van der Waals surface area contributed by atoms with Crippen molar-refractivity contribution >= 4 is 5.97 Å². The Morgan fingerprint density at radius 2 is 1.44 bits per heavy atom. The van der Waals surface area contributed by atoms with Gasteiger partial charge in [0.15, 0.2) is 0 Å². The zero-order chi connectivity index (χ0) is 22.7. The van der Waals surface area contributed by atoms with Crippen molar-refractivity contribution in [1.29, 1.82) is 0 Å². The average molecular weight is 425 g/mol. The SMILES string of the molecule is CC(C)(C)c1ccc(-n2nc(CCc3ccccc3)c(C(=O)O)c2-c2ccccc2)cc1. The van der Waals surface area contributed by atoms with E-state index in [1.54, 1.807) is 4.68 Å². The summed E-state index contributed by atoms with van der Waals surface area (Å²) in [5.41, 5.74) is 5.59. The predicted molar refractivity (Wildman–Crippen MR) is 129 cm³/mol. The van der Waals surface area contributed by atoms with Gasteiger partial charge in [0.05, 0.1) is 17.1 Å². The van der Waals surface area contributed by atoms with E-state index in [0.29, 0.717) is 17.8 Å². The summed E-state index contributed by atoms with van der Waals surface area (Å²) in [4.78, 5) is 12.4. The van der Waals surface area contributed by atoms with E-state index in [9.17, 15) is 9.90 Å². The second kappa shape index (κ2) is 8.83. The highest BCUT2D eigenvalue weighted by Gasteiger charge is 2.25. The standard InChI is InChI=1S/C28H28N2O2/c1-28(2,3)22-15-17-23(18-16-22)30-26(21-12-8-5-9-13-21)25(27(31)32)24(29-30)19-14-20-10-6-4-7-11-20/h4-13,15-18H,14,19H2,1-3H3,(H,31,32). The third-order valence-corrected chi connectivity index (χ3v) is 5.69. The van der Waals surface area contributed by atoms with Crippen molar-refractivity contribution in [2.24, 2.45) is 0 Å². The summed E-state index contributed by atoms with van der Waals surface area (Å²) < 4.78 is 1.78. The number of aromatic nitrogens is 2. The summed E-state index contributed by atoms with van der Waals surface area (Å²) in [5.74, 6) is -0.954. The summed E-state index contributed by atoms with van der Waals surface area (Å²) in [6.45, 7) is 6.53. The Hall–Kier alpha value is -3.66. The monoisotopic (exact) mass is 424 g/mol. The maximum atomic E-state index is 12.4. The number of carboxylic acid groups (broad SMARTS) is 1. The quantitative estimate of drug-likeness (QED) is 0.394. The first kappa shape index (κ1) is 21.6. The highest BCUT2D eigenvalue weighted by molar-refractivity contribution is 5.96. The fourth-order valence-corrected chi connectivity index (χ4v) is 3.92. The van der Waals surface area contributed by atoms with E-state index in [-0.39, 0.29) is 11.0 Å². The summed E-state index contributed by atoms with van der Waals surface area (Å²) in [5, 5.41) is 15.0. The van der Waals surface area contributed by atoms with E-state index in [1.807, 2.05) is 60.7 Å². The first-order valence-corrected chi connectivity index (χ1v) is 10.9. The first-order chi connectivity index (χ1) is 15.3. The Balaban J connectivity index is 1.83. The lowest BCUT2D eigenvalue weighted by Crippen LogP contribution is -2.11. The second-order valence-electron chi connectivity index (χ2n) is 9.04. The Labute approximate surface area is 189 Å². The van der Waals surface area contributed by atoms with Crippen LogP contribution in [-0.4, -0.2) is 20.9 Å². The van der Waals surface area contributed by atoms with Gasteiger partial charge >= 0.3 is 5.97 Å². The molecule has 0 spiro atoms. The van der Waals surface area contributed by atoms with Crippen LogP contribution in [0.1, 0.15) is 48.0 Å². The zero-order valence-electron chi connectivity index (χ0n) is 18.7. The highest BCUT2D eigenvalue weighted by Crippen LogP contribution is 2.31. The van der Waals surface area contributed by atoms with Crippen molar-refractivity contribution in [3.05, 3.63) is 107 Å². The molecule has 0 radical (unpaired) electrons. The topological polar surface area (TPSA) is 55.1 Å². The molecule has 4 nitrogen and oxygen atoms in total. The number of aromatic carboxylic acids is 1. The fourth-order valence-electron chi connectivity index (χ4n) is 3.92. The molecule has 1 heterocycles. The molecule has 0 aliphatic carbocycles. The molecule has 0 saturated carbocycles. The van der Waals surface area contributed by atoms with Gasteiger partial charge in [-0.3, -0.25) is 0 Å². The van der Waals surface area contributed by atoms with Gasteiger partial charge in [0.25, 0.3) is 0 Å². The number of carbonyl (C=O) groups is 1. The van der Waals surface area contributed by atoms with Gasteiger partial charge in [0, 0.05) is 5.56 Å². The van der Waals surface area contributed by atoms with E-state index >= 15 is 0 Å². The number of carboxylic acids is 1. The molecule has 1 N–H and O–H groups in total. The highest BCUT2D eigenvalue weighted by atomic mass is 16.4. The fraction of sp³-hybridized carbons (Fsp3) is 0.214. The molecule has 32 heavy (non-hydrogen) atoms. The molecule has 0 saturated heterocycles. The summed E-state index contributed by atoms with van der Waals surface area (Å²) >= 11 is 0. The lowest BCUT2D eigenvalue weighted by Gasteiger charge is -2.19. The van der Waals surface area contributed by atoms with Crippen molar-refractivity contribution in [3.8, 4) is 16.9 Å². The molecular weight excluding hydrogens is 396 g/mol. The predicted octanol–water partition coefficient (Wildman–Crippen LogP) is 6.32. The Morgan fingerprint density at radius 1 is 0.844 bits per heavy atom. The molecule has 162 valence electrons. The van der Waals surface area contributed by atoms with Crippen LogP contribution in [0, 0.1) is 0 Å². The van der Waals surface area contributed by atoms with Gasteiger partial charge in [-0.1, -0.05) is 93.6 Å². The van der Waals surface area contributed by atoms with Crippen LogP contribution in [0.4, 0.5) is 0 Å². The van der Waals surface area contributed by atoms with Crippen LogP contribution in [0.25, 0.3) is 16.9 Å². The number of hydrogen-bond donors (Lipinski definition) is 1. The third kappa shape index (κ3) is 4.50. The molecule has 1 aromatic heterocycles. The minimum absolute atomic E-state index is 0.0397. The molecule has 3 aromatic carbocycles. The van der Waals surface area contributed by atoms with Crippen LogP contribution in [0.2, 0.25) is 0 Å². The van der Waals surface area contributed by atoms with Gasteiger partial charge in [0.1, 0.15) is 5.56 Å². The smallest absolute Gasteiger partial charge is 0.339 e. The Kier molecular flexibility index (Phi) is 5.95. The molecule has 4 rings (SSSR count). The number of nitrogens with zero attached hydrogens (tertiary/aromatic N) is 2. The molecular formula is C28H28N2O2. The summed E-state index contributed by atoms with van der Waals surface area (Å²) in [7, 11) is 0. The average Bonchev–Trinajstić information content (AvgIpc) is 3.18. The zero-order valence-corrected chi connectivity index (χ0v) is 18.7. The van der Waals surface area contributed by atoms with E-state index in [2.05, 4.69) is 45.0 Å². The summed E-state index contributed by atoms with van der Waals surface area (Å²) in [6.07, 6.45) is 1.29. The number of aryl methyl sites for hydroxylation is 2. The molecule has 4 heteroatoms. The van der Waals surface area contributed by atoms with Crippen LogP contribution >= 0.6 is 0 Å². The number of benzene rings is 3. The second-order valence-corrected chi connectivity index (χ2v) is 9.04. The van der Waals surface area contributed by atoms with Gasteiger partial charge in [-0.05, 0) is 41.5 Å². The normalized spacial score (nSPS) is 11.5. The van der Waals surface area contributed by atoms with Gasteiger partial charge in [0.2, 0.25) is 0 Å². The minimum atomic E-state index is -0.954. The Morgan fingerprint density at radius 3 is 2.00 bits per heavy atom. The molecule has 0 aliphatic heterocycles. The molecule has 0 fully saturated rings. The van der Waals surface area contributed by atoms with E-state index in [0.717, 1.165) is 23.2 Å². The van der Waals surface area contributed by atoms with Gasteiger partial charge in [-0.25, -0.2) is 9.48 Å². The Bertz CT molecular complexity index is 1200. The minimum Gasteiger partial charge on any atom is -0.478 e. The van der Waals surface area contributed by atoms with Crippen LogP contribution in [0.5, 0.6) is 0 Å². The van der Waals surface area contributed by atoms with Crippen molar-refractivity contribution in [3.63, 3.8) is 0 Å². The number of rotatable bonds is 6. The van der Waals surface area contributed by atoms with Gasteiger partial charge < -0.3 is 5.11 Å². The number of hydrogen-bond acceptors (Lipinski definition) is 2. The third-order valence-electron chi connectivity index (χ3n) is 5.69. The van der Waals surface area contributed by atoms with Crippen LogP contribution in [0.3, 0.4) is 0 Å². The van der Waals surface area contributed by atoms with Crippen molar-refractivity contribution in [2.45, 2.75) is 39.0 Å². The maximum absolute atomic E-state index is 12.4. The van der Waals surface area contributed by atoms with Gasteiger partial charge in [-0.15, -0.1) is 0 Å². The van der Waals surface area contributed by atoms with Crippen molar-refractivity contribution < 1.29 is 9.90 Å². The molecule has 0 atom stereocenters. The summed E-state index contributed by atoms with van der Waals surface area (Å²) in [6, 6.07) is 28.0. The molecule has 0 bridgehead atoms. The molecule has 0 aliphatic rings. The van der Waals surface area contributed by atoms with Crippen LogP contribution in [0.15, 0.2) is 84.9 Å². The van der Waals surface area contributed by atoms with Crippen molar-refractivity contribution in [2.75, 3.05) is 0 Å². The van der Waals surface area contributed by atoms with E-state index in [1.165, 1.54) is 5.56 Å². The maximum Gasteiger partial charge on any atom is 0.339 e. The first-order valence-electron chi connectivity index (χ1n) is 10.9. The van der Waals surface area contributed by atoms with E-state index < -0.39 is 5.97 Å². The molecule has 0 amide bonds. The van der Waals surface area contributed by atoms with Crippen LogP contribution < -0.4 is 0 Å². The van der Waals surface area contributed by atoms with E-state index in [4.69, 9.17) is 5.10 Å². The molecule has 4 aromatic rings. The molecule has 0 unspecified atom stereocenters. The lowest BCUT2D eigenvalue weighted by molar-refractivity contribution is 0.0696. The largest absolute Gasteiger partial charge is 0.478 e.